The molecule has 0 heterocycles. The molecule has 1 fully saturated rings. The summed E-state index contributed by atoms with van der Waals surface area (Å²) in [6, 6.07) is 9.31. The van der Waals surface area contributed by atoms with Crippen molar-refractivity contribution in [2.75, 3.05) is 12.8 Å². The predicted molar refractivity (Wildman–Crippen MR) is 100 cm³/mol. The zero-order chi connectivity index (χ0) is 15.3. The number of hydrogen-bond acceptors (Lipinski definition) is 2. The summed E-state index contributed by atoms with van der Waals surface area (Å²) in [6.45, 7) is 9.39. The average molecular weight is 322 g/mol. The zero-order valence-corrected chi connectivity index (χ0v) is 16.0. The van der Waals surface area contributed by atoms with Gasteiger partial charge in [-0.05, 0) is 24.7 Å². The highest BCUT2D eigenvalue weighted by Crippen LogP contribution is 2.37. The van der Waals surface area contributed by atoms with E-state index in [0.717, 1.165) is 13.1 Å². The van der Waals surface area contributed by atoms with Gasteiger partial charge in [-0.3, -0.25) is 0 Å². The minimum atomic E-state index is -1.16. The average Bonchev–Trinajstić information content (AvgIpc) is 2.48. The monoisotopic (exact) mass is 321 g/mol. The van der Waals surface area contributed by atoms with Gasteiger partial charge in [0.15, 0.2) is 0 Å². The summed E-state index contributed by atoms with van der Waals surface area (Å²) < 4.78 is 0.497. The van der Waals surface area contributed by atoms with Crippen LogP contribution in [-0.4, -0.2) is 25.6 Å². The maximum absolute atomic E-state index is 3.71. The first kappa shape index (κ1) is 17.1. The van der Waals surface area contributed by atoms with Crippen molar-refractivity contribution in [3.8, 4) is 0 Å². The second-order valence-electron chi connectivity index (χ2n) is 7.50. The molecule has 2 rings (SSSR count). The molecule has 1 aromatic rings. The van der Waals surface area contributed by atoms with Crippen LogP contribution in [-0.2, 0) is 6.54 Å². The first-order chi connectivity index (χ1) is 9.95. The van der Waals surface area contributed by atoms with Gasteiger partial charge in [0.25, 0.3) is 0 Å². The maximum atomic E-state index is 3.71. The third-order valence-electron chi connectivity index (χ3n) is 4.79. The number of rotatable bonds is 6. The Balaban J connectivity index is 1.85. The molecule has 1 aliphatic carbocycles. The molecule has 0 spiro atoms. The third-order valence-corrected chi connectivity index (χ3v) is 8.28. The number of hydrogen-bond donors (Lipinski definition) is 1. The van der Waals surface area contributed by atoms with E-state index in [4.69, 9.17) is 0 Å². The summed E-state index contributed by atoms with van der Waals surface area (Å²) >= 11 is 2.08. The largest absolute Gasteiger partial charge is 0.311 e. The highest BCUT2D eigenvalue weighted by atomic mass is 32.2. The van der Waals surface area contributed by atoms with Crippen LogP contribution in [0.15, 0.2) is 24.3 Å². The summed E-state index contributed by atoms with van der Waals surface area (Å²) in [4.78, 5) is 0. The normalized spacial score (nSPS) is 18.7. The van der Waals surface area contributed by atoms with Gasteiger partial charge in [-0.2, -0.15) is 11.8 Å². The first-order valence-electron chi connectivity index (χ1n) is 8.31. The lowest BCUT2D eigenvalue weighted by Crippen LogP contribution is -2.39. The standard InChI is InChI=1S/C18H31NSSi/c1-20-18(12-6-5-7-13-18)15-19-14-16-8-10-17(11-9-16)21(2,3)4/h8-11,19H,5-7,12-15H2,1-4H3. The molecule has 0 bridgehead atoms. The van der Waals surface area contributed by atoms with E-state index in [9.17, 15) is 0 Å². The Kier molecular flexibility index (Phi) is 5.98. The second-order valence-corrected chi connectivity index (χ2v) is 13.8. The smallest absolute Gasteiger partial charge is 0.0775 e. The minimum Gasteiger partial charge on any atom is -0.311 e. The maximum Gasteiger partial charge on any atom is 0.0775 e. The molecule has 1 N–H and O–H groups in total. The van der Waals surface area contributed by atoms with Crippen molar-refractivity contribution >= 4 is 25.0 Å². The lowest BCUT2D eigenvalue weighted by Gasteiger charge is -2.36. The quantitative estimate of drug-likeness (QED) is 0.780. The fourth-order valence-electron chi connectivity index (χ4n) is 3.21. The van der Waals surface area contributed by atoms with E-state index < -0.39 is 8.07 Å². The van der Waals surface area contributed by atoms with E-state index in [1.165, 1.54) is 37.7 Å². The van der Waals surface area contributed by atoms with Crippen molar-refractivity contribution in [3.63, 3.8) is 0 Å². The molecule has 0 aromatic heterocycles. The minimum absolute atomic E-state index is 0.497. The topological polar surface area (TPSA) is 12.0 Å². The molecule has 0 aliphatic heterocycles. The molecular weight excluding hydrogens is 290 g/mol. The van der Waals surface area contributed by atoms with Crippen LogP contribution in [0.2, 0.25) is 19.6 Å². The number of nitrogens with one attached hydrogen (secondary N) is 1. The van der Waals surface area contributed by atoms with Crippen molar-refractivity contribution in [2.24, 2.45) is 0 Å². The molecule has 1 nitrogen and oxygen atoms in total. The van der Waals surface area contributed by atoms with Crippen LogP contribution in [0.1, 0.15) is 37.7 Å². The predicted octanol–water partition coefficient (Wildman–Crippen LogP) is 4.39. The van der Waals surface area contributed by atoms with Crippen LogP contribution in [0.4, 0.5) is 0 Å². The van der Waals surface area contributed by atoms with Crippen molar-refractivity contribution in [1.82, 2.24) is 5.32 Å². The fraction of sp³-hybridized carbons (Fsp3) is 0.667. The SMILES string of the molecule is CSC1(CNCc2ccc([Si](C)(C)C)cc2)CCCCC1. The van der Waals surface area contributed by atoms with Gasteiger partial charge in [-0.1, -0.05) is 68.4 Å². The van der Waals surface area contributed by atoms with E-state index in [1.807, 2.05) is 0 Å². The highest BCUT2D eigenvalue weighted by molar-refractivity contribution is 8.00. The van der Waals surface area contributed by atoms with E-state index in [1.54, 1.807) is 5.19 Å². The van der Waals surface area contributed by atoms with Crippen LogP contribution in [0.5, 0.6) is 0 Å². The molecule has 0 amide bonds. The van der Waals surface area contributed by atoms with Crippen LogP contribution < -0.4 is 10.5 Å². The van der Waals surface area contributed by atoms with Gasteiger partial charge in [0.1, 0.15) is 0 Å². The van der Waals surface area contributed by atoms with Gasteiger partial charge >= 0.3 is 0 Å². The van der Waals surface area contributed by atoms with Crippen molar-refractivity contribution < 1.29 is 0 Å². The van der Waals surface area contributed by atoms with Crippen LogP contribution >= 0.6 is 11.8 Å². The first-order valence-corrected chi connectivity index (χ1v) is 13.0. The Labute approximate surface area is 136 Å². The Bertz CT molecular complexity index is 430. The Morgan fingerprint density at radius 2 is 1.67 bits per heavy atom. The van der Waals surface area contributed by atoms with Gasteiger partial charge < -0.3 is 5.32 Å². The Morgan fingerprint density at radius 3 is 2.19 bits per heavy atom. The molecule has 1 aromatic carbocycles. The highest BCUT2D eigenvalue weighted by Gasteiger charge is 2.30. The molecule has 21 heavy (non-hydrogen) atoms. The van der Waals surface area contributed by atoms with Gasteiger partial charge in [0.05, 0.1) is 8.07 Å². The molecule has 0 unspecified atom stereocenters. The zero-order valence-electron chi connectivity index (χ0n) is 14.2. The third kappa shape index (κ3) is 4.87. The van der Waals surface area contributed by atoms with Gasteiger partial charge in [0, 0.05) is 17.8 Å². The van der Waals surface area contributed by atoms with Gasteiger partial charge in [-0.25, -0.2) is 0 Å². The molecule has 3 heteroatoms. The molecule has 0 atom stereocenters. The van der Waals surface area contributed by atoms with Crippen molar-refractivity contribution in [2.45, 2.75) is 63.0 Å². The van der Waals surface area contributed by atoms with E-state index >= 15 is 0 Å². The van der Waals surface area contributed by atoms with Crippen LogP contribution in [0.3, 0.4) is 0 Å². The lowest BCUT2D eigenvalue weighted by atomic mass is 9.88. The molecule has 118 valence electrons. The van der Waals surface area contributed by atoms with Crippen molar-refractivity contribution in [3.05, 3.63) is 29.8 Å². The van der Waals surface area contributed by atoms with Crippen LogP contribution in [0, 0.1) is 0 Å². The summed E-state index contributed by atoms with van der Waals surface area (Å²) in [5.41, 5.74) is 1.42. The van der Waals surface area contributed by atoms with E-state index in [2.05, 4.69) is 67.2 Å². The van der Waals surface area contributed by atoms with Gasteiger partial charge in [-0.15, -0.1) is 0 Å². The molecule has 1 aliphatic rings. The van der Waals surface area contributed by atoms with Crippen LogP contribution in [0.25, 0.3) is 0 Å². The number of benzene rings is 1. The summed E-state index contributed by atoms with van der Waals surface area (Å²) in [6.07, 6.45) is 9.31. The lowest BCUT2D eigenvalue weighted by molar-refractivity contribution is 0.379. The summed E-state index contributed by atoms with van der Waals surface area (Å²) in [7, 11) is -1.16. The summed E-state index contributed by atoms with van der Waals surface area (Å²) in [5, 5.41) is 5.27. The Hall–Kier alpha value is -0.253. The van der Waals surface area contributed by atoms with E-state index in [0.29, 0.717) is 4.75 Å². The molecule has 1 saturated carbocycles. The van der Waals surface area contributed by atoms with Gasteiger partial charge in [0.2, 0.25) is 0 Å². The fourth-order valence-corrected chi connectivity index (χ4v) is 5.32. The summed E-state index contributed by atoms with van der Waals surface area (Å²) in [5.74, 6) is 0. The number of thioether (sulfide) groups is 1. The van der Waals surface area contributed by atoms with E-state index in [-0.39, 0.29) is 0 Å². The molecule has 0 saturated heterocycles. The second kappa shape index (κ2) is 7.34. The van der Waals surface area contributed by atoms with Crippen molar-refractivity contribution in [1.29, 1.82) is 0 Å². The molecule has 0 radical (unpaired) electrons. The molecular formula is C18H31NSSi. The Morgan fingerprint density at radius 1 is 1.05 bits per heavy atom.